The number of nitrogens with one attached hydrogen (secondary N) is 2. The van der Waals surface area contributed by atoms with Crippen molar-refractivity contribution in [1.82, 2.24) is 30.3 Å². The van der Waals surface area contributed by atoms with Gasteiger partial charge in [0.25, 0.3) is 0 Å². The van der Waals surface area contributed by atoms with Crippen LogP contribution >= 0.6 is 0 Å². The van der Waals surface area contributed by atoms with Crippen LogP contribution in [0.15, 0.2) is 11.3 Å². The van der Waals surface area contributed by atoms with Crippen LogP contribution < -0.4 is 10.6 Å². The first-order chi connectivity index (χ1) is 12.7. The molecule has 1 fully saturated rings. The van der Waals surface area contributed by atoms with Gasteiger partial charge in [-0.25, -0.2) is 0 Å². The SMILES string of the molecule is CCCN1CCC(NC(=NCCn2cnnc2CC)NC(C)CC)CC1. The minimum absolute atomic E-state index is 0.419. The monoisotopic (exact) mass is 363 g/mol. The summed E-state index contributed by atoms with van der Waals surface area (Å²) in [6.07, 6.45) is 7.40. The van der Waals surface area contributed by atoms with E-state index >= 15 is 0 Å². The van der Waals surface area contributed by atoms with Crippen molar-refractivity contribution in [2.24, 2.45) is 4.99 Å². The van der Waals surface area contributed by atoms with Crippen LogP contribution in [0.25, 0.3) is 0 Å². The highest BCUT2D eigenvalue weighted by atomic mass is 15.3. The third kappa shape index (κ3) is 6.59. The van der Waals surface area contributed by atoms with Gasteiger partial charge in [0.2, 0.25) is 0 Å². The zero-order valence-corrected chi connectivity index (χ0v) is 17.0. The first-order valence-electron chi connectivity index (χ1n) is 10.3. The molecule has 1 unspecified atom stereocenters. The summed E-state index contributed by atoms with van der Waals surface area (Å²) in [6, 6.07) is 0.932. The molecular weight excluding hydrogens is 326 g/mol. The van der Waals surface area contributed by atoms with Gasteiger partial charge in [0.15, 0.2) is 5.96 Å². The number of nitrogens with zero attached hydrogens (tertiary/aromatic N) is 5. The highest BCUT2D eigenvalue weighted by Crippen LogP contribution is 2.10. The fourth-order valence-electron chi connectivity index (χ4n) is 3.29. The molecule has 7 heteroatoms. The third-order valence-electron chi connectivity index (χ3n) is 5.09. The molecule has 148 valence electrons. The summed E-state index contributed by atoms with van der Waals surface area (Å²) < 4.78 is 2.09. The summed E-state index contributed by atoms with van der Waals surface area (Å²) in [6.45, 7) is 13.9. The average Bonchev–Trinajstić information content (AvgIpc) is 3.11. The van der Waals surface area contributed by atoms with Gasteiger partial charge in [0, 0.05) is 38.1 Å². The van der Waals surface area contributed by atoms with E-state index in [4.69, 9.17) is 4.99 Å². The van der Waals surface area contributed by atoms with Gasteiger partial charge in [0.1, 0.15) is 12.2 Å². The number of likely N-dealkylation sites (tertiary alicyclic amines) is 1. The molecule has 0 radical (unpaired) electrons. The van der Waals surface area contributed by atoms with Crippen LogP contribution in [0.3, 0.4) is 0 Å². The Morgan fingerprint density at radius 3 is 2.69 bits per heavy atom. The Labute approximate surface area is 158 Å². The molecule has 0 aromatic carbocycles. The summed E-state index contributed by atoms with van der Waals surface area (Å²) in [5.74, 6) is 1.97. The molecule has 1 aromatic rings. The molecule has 2 heterocycles. The van der Waals surface area contributed by atoms with Gasteiger partial charge < -0.3 is 20.1 Å². The first kappa shape index (κ1) is 20.7. The normalized spacial score (nSPS) is 18.1. The van der Waals surface area contributed by atoms with Crippen molar-refractivity contribution >= 4 is 5.96 Å². The molecule has 26 heavy (non-hydrogen) atoms. The highest BCUT2D eigenvalue weighted by Gasteiger charge is 2.19. The van der Waals surface area contributed by atoms with E-state index in [0.29, 0.717) is 12.1 Å². The second-order valence-electron chi connectivity index (χ2n) is 7.24. The van der Waals surface area contributed by atoms with Gasteiger partial charge in [0.05, 0.1) is 6.54 Å². The molecule has 1 aromatic heterocycles. The molecular formula is C19H37N7. The van der Waals surface area contributed by atoms with E-state index in [1.54, 1.807) is 6.33 Å². The lowest BCUT2D eigenvalue weighted by Crippen LogP contribution is -2.50. The van der Waals surface area contributed by atoms with E-state index < -0.39 is 0 Å². The molecule has 1 atom stereocenters. The summed E-state index contributed by atoms with van der Waals surface area (Å²) in [5, 5.41) is 15.3. The van der Waals surface area contributed by atoms with Crippen LogP contribution in [0.4, 0.5) is 0 Å². The second kappa shape index (κ2) is 11.2. The molecule has 7 nitrogen and oxygen atoms in total. The number of guanidine groups is 1. The Morgan fingerprint density at radius 2 is 2.04 bits per heavy atom. The van der Waals surface area contributed by atoms with Crippen molar-refractivity contribution < 1.29 is 0 Å². The summed E-state index contributed by atoms with van der Waals surface area (Å²) in [4.78, 5) is 7.38. The van der Waals surface area contributed by atoms with Gasteiger partial charge in [-0.15, -0.1) is 10.2 Å². The summed E-state index contributed by atoms with van der Waals surface area (Å²) in [7, 11) is 0. The predicted octanol–water partition coefficient (Wildman–Crippen LogP) is 2.05. The molecule has 0 amide bonds. The number of aryl methyl sites for hydroxylation is 1. The number of aliphatic imine (C=N–C) groups is 1. The van der Waals surface area contributed by atoms with Crippen molar-refractivity contribution in [2.75, 3.05) is 26.2 Å². The lowest BCUT2D eigenvalue weighted by molar-refractivity contribution is 0.206. The molecule has 0 bridgehead atoms. The Hall–Kier alpha value is -1.63. The first-order valence-corrected chi connectivity index (χ1v) is 10.3. The molecule has 0 saturated carbocycles. The Bertz CT molecular complexity index is 532. The van der Waals surface area contributed by atoms with E-state index in [1.807, 2.05) is 0 Å². The van der Waals surface area contributed by atoms with E-state index in [1.165, 1.54) is 38.9 Å². The fraction of sp³-hybridized carbons (Fsp3) is 0.842. The Kier molecular flexibility index (Phi) is 8.88. The largest absolute Gasteiger partial charge is 0.354 e. The number of rotatable bonds is 9. The van der Waals surface area contributed by atoms with Crippen molar-refractivity contribution in [3.05, 3.63) is 12.2 Å². The van der Waals surface area contributed by atoms with E-state index in [-0.39, 0.29) is 0 Å². The quantitative estimate of drug-likeness (QED) is 0.519. The van der Waals surface area contributed by atoms with Gasteiger partial charge in [-0.05, 0) is 39.2 Å². The third-order valence-corrected chi connectivity index (χ3v) is 5.09. The number of hydrogen-bond donors (Lipinski definition) is 2. The van der Waals surface area contributed by atoms with Gasteiger partial charge in [-0.1, -0.05) is 20.8 Å². The van der Waals surface area contributed by atoms with E-state index in [2.05, 4.69) is 58.0 Å². The Balaban J connectivity index is 1.88. The molecule has 1 aliphatic rings. The lowest BCUT2D eigenvalue weighted by Gasteiger charge is -2.33. The lowest BCUT2D eigenvalue weighted by atomic mass is 10.1. The Morgan fingerprint density at radius 1 is 1.27 bits per heavy atom. The van der Waals surface area contributed by atoms with Crippen molar-refractivity contribution in [1.29, 1.82) is 0 Å². The zero-order valence-electron chi connectivity index (χ0n) is 17.0. The van der Waals surface area contributed by atoms with Gasteiger partial charge >= 0.3 is 0 Å². The van der Waals surface area contributed by atoms with Crippen molar-refractivity contribution in [2.45, 2.75) is 78.4 Å². The minimum Gasteiger partial charge on any atom is -0.354 e. The average molecular weight is 364 g/mol. The number of hydrogen-bond acceptors (Lipinski definition) is 4. The molecule has 2 rings (SSSR count). The molecule has 1 saturated heterocycles. The van der Waals surface area contributed by atoms with Crippen LogP contribution in [-0.2, 0) is 13.0 Å². The maximum atomic E-state index is 4.82. The fourth-order valence-corrected chi connectivity index (χ4v) is 3.29. The second-order valence-corrected chi connectivity index (χ2v) is 7.24. The van der Waals surface area contributed by atoms with Crippen LogP contribution in [0, 0.1) is 0 Å². The smallest absolute Gasteiger partial charge is 0.191 e. The summed E-state index contributed by atoms with van der Waals surface area (Å²) >= 11 is 0. The van der Waals surface area contributed by atoms with E-state index in [0.717, 1.165) is 37.7 Å². The number of aromatic nitrogens is 3. The van der Waals surface area contributed by atoms with Crippen LogP contribution in [0.2, 0.25) is 0 Å². The van der Waals surface area contributed by atoms with Crippen molar-refractivity contribution in [3.63, 3.8) is 0 Å². The van der Waals surface area contributed by atoms with Crippen LogP contribution in [-0.4, -0.2) is 63.9 Å². The van der Waals surface area contributed by atoms with Gasteiger partial charge in [-0.3, -0.25) is 4.99 Å². The topological polar surface area (TPSA) is 70.4 Å². The van der Waals surface area contributed by atoms with E-state index in [9.17, 15) is 0 Å². The predicted molar refractivity (Wildman–Crippen MR) is 107 cm³/mol. The maximum Gasteiger partial charge on any atom is 0.191 e. The van der Waals surface area contributed by atoms with Crippen LogP contribution in [0.1, 0.15) is 59.2 Å². The van der Waals surface area contributed by atoms with Crippen molar-refractivity contribution in [3.8, 4) is 0 Å². The number of piperidine rings is 1. The van der Waals surface area contributed by atoms with Gasteiger partial charge in [-0.2, -0.15) is 0 Å². The minimum atomic E-state index is 0.419. The highest BCUT2D eigenvalue weighted by molar-refractivity contribution is 5.80. The molecule has 1 aliphatic heterocycles. The summed E-state index contributed by atoms with van der Waals surface area (Å²) in [5.41, 5.74) is 0. The van der Waals surface area contributed by atoms with Crippen LogP contribution in [0.5, 0.6) is 0 Å². The zero-order chi connectivity index (χ0) is 18.8. The maximum absolute atomic E-state index is 4.82. The molecule has 0 aliphatic carbocycles. The molecule has 2 N–H and O–H groups in total. The standard InChI is InChI=1S/C19H37N7/c1-5-11-25-12-8-17(9-13-25)23-19(22-16(4)6-2)20-10-14-26-15-21-24-18(26)7-3/h15-17H,5-14H2,1-4H3,(H2,20,22,23). The molecule has 0 spiro atoms.